The van der Waals surface area contributed by atoms with Gasteiger partial charge in [-0.15, -0.1) is 11.3 Å². The Morgan fingerprint density at radius 1 is 1.16 bits per heavy atom. The Bertz CT molecular complexity index is 616. The Kier molecular flexibility index (Phi) is 3.56. The normalized spacial score (nSPS) is 10.5. The fourth-order valence-electron chi connectivity index (χ4n) is 1.86. The lowest BCUT2D eigenvalue weighted by molar-refractivity contribution is 0.695. The summed E-state index contributed by atoms with van der Waals surface area (Å²) in [5, 5.41) is 5.40. The number of rotatable bonds is 5. The van der Waals surface area contributed by atoms with Crippen molar-refractivity contribution in [2.24, 2.45) is 0 Å². The van der Waals surface area contributed by atoms with E-state index in [4.69, 9.17) is 0 Å². The van der Waals surface area contributed by atoms with Gasteiger partial charge < -0.3 is 9.88 Å². The van der Waals surface area contributed by atoms with Crippen molar-refractivity contribution in [2.75, 3.05) is 5.32 Å². The fraction of sp³-hybridized carbons (Fsp3) is 0.143. The molecule has 3 aromatic rings. The van der Waals surface area contributed by atoms with E-state index in [1.807, 2.05) is 48.2 Å². The monoisotopic (exact) mass is 270 g/mol. The Morgan fingerprint density at radius 2 is 2.05 bits per heavy atom. The molecule has 0 atom stereocenters. The molecule has 0 aliphatic rings. The Balaban J connectivity index is 1.68. The number of thiazole rings is 1. The lowest BCUT2D eigenvalue weighted by atomic mass is 10.3. The molecule has 0 saturated carbocycles. The number of benzene rings is 1. The number of anilines is 2. The van der Waals surface area contributed by atoms with Gasteiger partial charge in [-0.2, -0.15) is 0 Å². The molecule has 5 heteroatoms. The van der Waals surface area contributed by atoms with Gasteiger partial charge in [-0.3, -0.25) is 0 Å². The summed E-state index contributed by atoms with van der Waals surface area (Å²) >= 11 is 1.63. The van der Waals surface area contributed by atoms with Crippen molar-refractivity contribution in [1.82, 2.24) is 14.5 Å². The van der Waals surface area contributed by atoms with E-state index in [-0.39, 0.29) is 0 Å². The summed E-state index contributed by atoms with van der Waals surface area (Å²) in [6.45, 7) is 0.874. The van der Waals surface area contributed by atoms with Gasteiger partial charge in [-0.25, -0.2) is 9.97 Å². The largest absolute Gasteiger partial charge is 0.326 e. The molecular formula is C14H14N4S. The van der Waals surface area contributed by atoms with Gasteiger partial charge >= 0.3 is 0 Å². The molecule has 2 aromatic heterocycles. The quantitative estimate of drug-likeness (QED) is 0.773. The first-order valence-electron chi connectivity index (χ1n) is 6.12. The highest BCUT2D eigenvalue weighted by Crippen LogP contribution is 2.14. The molecule has 19 heavy (non-hydrogen) atoms. The topological polar surface area (TPSA) is 42.7 Å². The van der Waals surface area contributed by atoms with Gasteiger partial charge in [0.15, 0.2) is 0 Å². The van der Waals surface area contributed by atoms with Gasteiger partial charge in [-0.1, -0.05) is 18.2 Å². The third-order valence-electron chi connectivity index (χ3n) is 2.84. The molecular weight excluding hydrogens is 256 g/mol. The standard InChI is InChI=1S/C14H14N4S/c1-2-4-12(5-3-1)17-14-15-7-9-18(14)8-6-13-10-19-11-16-13/h1-5,7,9-11H,6,8H2,(H,15,17). The molecule has 1 N–H and O–H groups in total. The molecule has 0 fully saturated rings. The van der Waals surface area contributed by atoms with Crippen LogP contribution in [0.1, 0.15) is 5.69 Å². The van der Waals surface area contributed by atoms with Crippen LogP contribution < -0.4 is 5.32 Å². The summed E-state index contributed by atoms with van der Waals surface area (Å²) in [6.07, 6.45) is 4.72. The number of aromatic nitrogens is 3. The summed E-state index contributed by atoms with van der Waals surface area (Å²) in [7, 11) is 0. The first-order valence-corrected chi connectivity index (χ1v) is 7.06. The van der Waals surface area contributed by atoms with Crippen LogP contribution in [0.4, 0.5) is 11.6 Å². The maximum atomic E-state index is 4.35. The van der Waals surface area contributed by atoms with Crippen molar-refractivity contribution >= 4 is 23.0 Å². The molecule has 96 valence electrons. The van der Waals surface area contributed by atoms with E-state index in [0.29, 0.717) is 0 Å². The summed E-state index contributed by atoms with van der Waals surface area (Å²) in [4.78, 5) is 8.64. The molecule has 0 spiro atoms. The molecule has 3 rings (SSSR count). The van der Waals surface area contributed by atoms with Gasteiger partial charge in [0.05, 0.1) is 11.2 Å². The molecule has 0 radical (unpaired) electrons. The third kappa shape index (κ3) is 3.00. The number of imidazole rings is 1. The highest BCUT2D eigenvalue weighted by molar-refractivity contribution is 7.07. The number of aryl methyl sites for hydroxylation is 2. The zero-order chi connectivity index (χ0) is 12.9. The molecule has 0 bridgehead atoms. The summed E-state index contributed by atoms with van der Waals surface area (Å²) in [5.74, 6) is 0.862. The summed E-state index contributed by atoms with van der Waals surface area (Å²) in [6, 6.07) is 10.1. The number of hydrogen-bond donors (Lipinski definition) is 1. The number of hydrogen-bond acceptors (Lipinski definition) is 4. The maximum absolute atomic E-state index is 4.35. The smallest absolute Gasteiger partial charge is 0.207 e. The SMILES string of the molecule is c1ccc(Nc2nccn2CCc2cscn2)cc1. The lowest BCUT2D eigenvalue weighted by Gasteiger charge is -2.09. The first-order chi connectivity index (χ1) is 9.42. The molecule has 1 aromatic carbocycles. The van der Waals surface area contributed by atoms with E-state index in [2.05, 4.69) is 25.2 Å². The van der Waals surface area contributed by atoms with E-state index in [9.17, 15) is 0 Å². The van der Waals surface area contributed by atoms with Gasteiger partial charge in [0.1, 0.15) is 0 Å². The van der Waals surface area contributed by atoms with Crippen LogP contribution in [0.2, 0.25) is 0 Å². The van der Waals surface area contributed by atoms with Crippen LogP contribution in [0.15, 0.2) is 53.6 Å². The van der Waals surface area contributed by atoms with E-state index in [0.717, 1.165) is 30.3 Å². The lowest BCUT2D eigenvalue weighted by Crippen LogP contribution is -2.05. The predicted octanol–water partition coefficient (Wildman–Crippen LogP) is 3.33. The van der Waals surface area contributed by atoms with E-state index >= 15 is 0 Å². The summed E-state index contributed by atoms with van der Waals surface area (Å²) in [5.41, 5.74) is 4.04. The van der Waals surface area contributed by atoms with Crippen molar-refractivity contribution in [1.29, 1.82) is 0 Å². The Hall–Kier alpha value is -2.14. The number of nitrogens with one attached hydrogen (secondary N) is 1. The van der Waals surface area contributed by atoms with Crippen molar-refractivity contribution in [2.45, 2.75) is 13.0 Å². The second kappa shape index (κ2) is 5.67. The van der Waals surface area contributed by atoms with Gasteiger partial charge in [0, 0.05) is 36.4 Å². The Labute approximate surface area is 115 Å². The second-order valence-electron chi connectivity index (χ2n) is 4.17. The molecule has 0 aliphatic heterocycles. The van der Waals surface area contributed by atoms with E-state index in [1.165, 1.54) is 0 Å². The molecule has 2 heterocycles. The third-order valence-corrected chi connectivity index (χ3v) is 3.47. The molecule has 0 amide bonds. The fourth-order valence-corrected chi connectivity index (χ4v) is 2.45. The van der Waals surface area contributed by atoms with Crippen LogP contribution in [-0.4, -0.2) is 14.5 Å². The predicted molar refractivity (Wildman–Crippen MR) is 77.8 cm³/mol. The molecule has 0 aliphatic carbocycles. The molecule has 4 nitrogen and oxygen atoms in total. The van der Waals surface area contributed by atoms with Crippen molar-refractivity contribution in [3.8, 4) is 0 Å². The molecule has 0 unspecified atom stereocenters. The van der Waals surface area contributed by atoms with Crippen LogP contribution in [0.5, 0.6) is 0 Å². The summed E-state index contributed by atoms with van der Waals surface area (Å²) < 4.78 is 2.10. The average molecular weight is 270 g/mol. The van der Waals surface area contributed by atoms with Gasteiger partial charge in [-0.05, 0) is 12.1 Å². The van der Waals surface area contributed by atoms with Gasteiger partial charge in [0.25, 0.3) is 0 Å². The first kappa shape index (κ1) is 11.9. The minimum atomic E-state index is 0.862. The van der Waals surface area contributed by atoms with Crippen LogP contribution in [0.3, 0.4) is 0 Å². The zero-order valence-corrected chi connectivity index (χ0v) is 11.2. The van der Waals surface area contributed by atoms with Gasteiger partial charge in [0.2, 0.25) is 5.95 Å². The highest BCUT2D eigenvalue weighted by atomic mass is 32.1. The zero-order valence-electron chi connectivity index (χ0n) is 10.4. The minimum Gasteiger partial charge on any atom is -0.326 e. The highest BCUT2D eigenvalue weighted by Gasteiger charge is 2.03. The van der Waals surface area contributed by atoms with E-state index < -0.39 is 0 Å². The van der Waals surface area contributed by atoms with Crippen LogP contribution >= 0.6 is 11.3 Å². The minimum absolute atomic E-state index is 0.862. The molecule has 0 saturated heterocycles. The average Bonchev–Trinajstić information content (AvgIpc) is 3.09. The van der Waals surface area contributed by atoms with E-state index in [1.54, 1.807) is 11.3 Å². The number of nitrogens with zero attached hydrogens (tertiary/aromatic N) is 3. The second-order valence-corrected chi connectivity index (χ2v) is 4.88. The van der Waals surface area contributed by atoms with Crippen molar-refractivity contribution in [3.63, 3.8) is 0 Å². The van der Waals surface area contributed by atoms with Crippen LogP contribution in [0, 0.1) is 0 Å². The van der Waals surface area contributed by atoms with Crippen molar-refractivity contribution in [3.05, 3.63) is 59.3 Å². The Morgan fingerprint density at radius 3 is 2.84 bits per heavy atom. The van der Waals surface area contributed by atoms with Crippen molar-refractivity contribution < 1.29 is 0 Å². The maximum Gasteiger partial charge on any atom is 0.207 e. The van der Waals surface area contributed by atoms with Crippen LogP contribution in [-0.2, 0) is 13.0 Å². The van der Waals surface area contributed by atoms with Crippen LogP contribution in [0.25, 0.3) is 0 Å². The number of para-hydroxylation sites is 1.